The first kappa shape index (κ1) is 12.6. The first-order valence-electron chi connectivity index (χ1n) is 6.23. The van der Waals surface area contributed by atoms with Crippen LogP contribution in [0.5, 0.6) is 0 Å². The molecule has 2 rings (SSSR count). The van der Waals surface area contributed by atoms with Gasteiger partial charge in [0.05, 0.1) is 0 Å². The van der Waals surface area contributed by atoms with Crippen LogP contribution in [-0.4, -0.2) is 36.0 Å². The number of amides is 1. The maximum atomic E-state index is 11.4. The molecule has 1 heterocycles. The van der Waals surface area contributed by atoms with Gasteiger partial charge in [0.2, 0.25) is 11.9 Å². The Labute approximate surface area is 107 Å². The molecule has 98 valence electrons. The van der Waals surface area contributed by atoms with E-state index >= 15 is 0 Å². The highest BCUT2D eigenvalue weighted by atomic mass is 16.2. The third kappa shape index (κ3) is 3.32. The number of carbonyl (C=O) groups is 1. The third-order valence-corrected chi connectivity index (χ3v) is 2.86. The number of hydrogen-bond donors (Lipinski definition) is 3. The molecular weight excluding hydrogens is 230 g/mol. The van der Waals surface area contributed by atoms with Gasteiger partial charge < -0.3 is 16.0 Å². The van der Waals surface area contributed by atoms with Gasteiger partial charge in [0.25, 0.3) is 0 Å². The van der Waals surface area contributed by atoms with E-state index in [2.05, 4.69) is 25.9 Å². The first-order valence-corrected chi connectivity index (χ1v) is 6.23. The summed E-state index contributed by atoms with van der Waals surface area (Å²) in [4.78, 5) is 19.8. The predicted octanol–water partition coefficient (Wildman–Crippen LogP) is 0.765. The zero-order valence-electron chi connectivity index (χ0n) is 10.8. The Morgan fingerprint density at radius 1 is 1.44 bits per heavy atom. The van der Waals surface area contributed by atoms with Crippen molar-refractivity contribution in [3.63, 3.8) is 0 Å². The van der Waals surface area contributed by atoms with Gasteiger partial charge in [0.15, 0.2) is 0 Å². The molecule has 1 amide bonds. The van der Waals surface area contributed by atoms with E-state index in [0.29, 0.717) is 19.0 Å². The summed E-state index contributed by atoms with van der Waals surface area (Å²) in [7, 11) is 1.78. The Morgan fingerprint density at radius 3 is 2.89 bits per heavy atom. The maximum absolute atomic E-state index is 11.4. The Bertz CT molecular complexity index is 430. The molecule has 0 saturated heterocycles. The van der Waals surface area contributed by atoms with E-state index in [1.54, 1.807) is 13.2 Å². The number of aryl methyl sites for hydroxylation is 1. The molecule has 1 aromatic rings. The van der Waals surface area contributed by atoms with Crippen LogP contribution in [0.4, 0.5) is 11.8 Å². The van der Waals surface area contributed by atoms with Crippen LogP contribution < -0.4 is 16.0 Å². The summed E-state index contributed by atoms with van der Waals surface area (Å²) < 4.78 is 0. The minimum atomic E-state index is 0.173. The number of rotatable bonds is 6. The van der Waals surface area contributed by atoms with Crippen LogP contribution in [0.15, 0.2) is 6.20 Å². The standard InChI is InChI=1S/C12H19N5O/c1-8-7-16-12(13-2)17-10(8)14-5-6-15-11(18)9-3-4-9/h7,9H,3-6H2,1-2H3,(H,15,18)(H2,13,14,16,17). The van der Waals surface area contributed by atoms with E-state index in [1.807, 2.05) is 6.92 Å². The van der Waals surface area contributed by atoms with E-state index in [4.69, 9.17) is 0 Å². The van der Waals surface area contributed by atoms with Crippen molar-refractivity contribution in [1.29, 1.82) is 0 Å². The Morgan fingerprint density at radius 2 is 2.22 bits per heavy atom. The molecule has 6 heteroatoms. The molecule has 0 bridgehead atoms. The SMILES string of the molecule is CNc1ncc(C)c(NCCNC(=O)C2CC2)n1. The highest BCUT2D eigenvalue weighted by Crippen LogP contribution is 2.28. The van der Waals surface area contributed by atoms with Crippen LogP contribution in [0.1, 0.15) is 18.4 Å². The van der Waals surface area contributed by atoms with Gasteiger partial charge in [0.1, 0.15) is 5.82 Å². The summed E-state index contributed by atoms with van der Waals surface area (Å²) >= 11 is 0. The fourth-order valence-corrected chi connectivity index (χ4v) is 1.60. The van der Waals surface area contributed by atoms with Crippen molar-refractivity contribution in [3.05, 3.63) is 11.8 Å². The molecule has 0 unspecified atom stereocenters. The molecule has 0 aromatic carbocycles. The second kappa shape index (κ2) is 5.66. The van der Waals surface area contributed by atoms with Crippen LogP contribution in [-0.2, 0) is 4.79 Å². The molecule has 3 N–H and O–H groups in total. The summed E-state index contributed by atoms with van der Waals surface area (Å²) in [5.74, 6) is 1.83. The minimum Gasteiger partial charge on any atom is -0.368 e. The Balaban J connectivity index is 1.76. The molecule has 1 aromatic heterocycles. The van der Waals surface area contributed by atoms with Crippen molar-refractivity contribution in [2.45, 2.75) is 19.8 Å². The zero-order chi connectivity index (χ0) is 13.0. The lowest BCUT2D eigenvalue weighted by atomic mass is 10.3. The van der Waals surface area contributed by atoms with Crippen molar-refractivity contribution in [1.82, 2.24) is 15.3 Å². The molecule has 1 aliphatic carbocycles. The quantitative estimate of drug-likeness (QED) is 0.649. The second-order valence-corrected chi connectivity index (χ2v) is 4.47. The average molecular weight is 249 g/mol. The third-order valence-electron chi connectivity index (χ3n) is 2.86. The monoisotopic (exact) mass is 249 g/mol. The van der Waals surface area contributed by atoms with Gasteiger partial charge in [-0.05, 0) is 19.8 Å². The smallest absolute Gasteiger partial charge is 0.224 e. The normalized spacial score (nSPS) is 14.1. The van der Waals surface area contributed by atoms with Gasteiger partial charge >= 0.3 is 0 Å². The Kier molecular flexibility index (Phi) is 3.96. The number of nitrogens with zero attached hydrogens (tertiary/aromatic N) is 2. The van der Waals surface area contributed by atoms with Crippen LogP contribution >= 0.6 is 0 Å². The zero-order valence-corrected chi connectivity index (χ0v) is 10.8. The molecule has 1 fully saturated rings. The van der Waals surface area contributed by atoms with E-state index in [1.165, 1.54) is 0 Å². The minimum absolute atomic E-state index is 0.173. The molecule has 6 nitrogen and oxygen atoms in total. The Hall–Kier alpha value is -1.85. The van der Waals surface area contributed by atoms with Gasteiger partial charge in [-0.15, -0.1) is 0 Å². The van der Waals surface area contributed by atoms with Crippen molar-refractivity contribution in [2.75, 3.05) is 30.8 Å². The molecule has 0 radical (unpaired) electrons. The number of nitrogens with one attached hydrogen (secondary N) is 3. The van der Waals surface area contributed by atoms with Gasteiger partial charge in [0, 0.05) is 37.8 Å². The largest absolute Gasteiger partial charge is 0.368 e. The van der Waals surface area contributed by atoms with Gasteiger partial charge in [-0.25, -0.2) is 4.98 Å². The molecule has 0 spiro atoms. The summed E-state index contributed by atoms with van der Waals surface area (Å²) in [6.45, 7) is 3.23. The van der Waals surface area contributed by atoms with Gasteiger partial charge in [-0.1, -0.05) is 0 Å². The van der Waals surface area contributed by atoms with E-state index in [0.717, 1.165) is 24.2 Å². The first-order chi connectivity index (χ1) is 8.70. The summed E-state index contributed by atoms with van der Waals surface area (Å²) in [5.41, 5.74) is 0.988. The van der Waals surface area contributed by atoms with Crippen LogP contribution in [0, 0.1) is 12.8 Å². The fourth-order valence-electron chi connectivity index (χ4n) is 1.60. The lowest BCUT2D eigenvalue weighted by Gasteiger charge is -2.10. The fraction of sp³-hybridized carbons (Fsp3) is 0.583. The van der Waals surface area contributed by atoms with Crippen molar-refractivity contribution in [2.24, 2.45) is 5.92 Å². The molecule has 0 atom stereocenters. The molecule has 1 saturated carbocycles. The highest BCUT2D eigenvalue weighted by molar-refractivity contribution is 5.80. The average Bonchev–Trinajstić information content (AvgIpc) is 3.20. The predicted molar refractivity (Wildman–Crippen MR) is 70.5 cm³/mol. The summed E-state index contributed by atoms with van der Waals surface area (Å²) in [6, 6.07) is 0. The van der Waals surface area contributed by atoms with Crippen molar-refractivity contribution >= 4 is 17.7 Å². The van der Waals surface area contributed by atoms with Crippen LogP contribution in [0.2, 0.25) is 0 Å². The lowest BCUT2D eigenvalue weighted by Crippen LogP contribution is -2.30. The van der Waals surface area contributed by atoms with Gasteiger partial charge in [-0.3, -0.25) is 4.79 Å². The lowest BCUT2D eigenvalue weighted by molar-refractivity contribution is -0.122. The van der Waals surface area contributed by atoms with E-state index < -0.39 is 0 Å². The number of carbonyl (C=O) groups excluding carboxylic acids is 1. The molecule has 1 aliphatic rings. The summed E-state index contributed by atoms with van der Waals surface area (Å²) in [5, 5.41) is 8.99. The molecular formula is C12H19N5O. The van der Waals surface area contributed by atoms with Crippen molar-refractivity contribution < 1.29 is 4.79 Å². The maximum Gasteiger partial charge on any atom is 0.224 e. The molecule has 18 heavy (non-hydrogen) atoms. The summed E-state index contributed by atoms with van der Waals surface area (Å²) in [6.07, 6.45) is 3.84. The number of hydrogen-bond acceptors (Lipinski definition) is 5. The van der Waals surface area contributed by atoms with Gasteiger partial charge in [-0.2, -0.15) is 4.98 Å². The van der Waals surface area contributed by atoms with E-state index in [-0.39, 0.29) is 11.8 Å². The van der Waals surface area contributed by atoms with Crippen LogP contribution in [0.3, 0.4) is 0 Å². The van der Waals surface area contributed by atoms with E-state index in [9.17, 15) is 4.79 Å². The molecule has 0 aliphatic heterocycles. The second-order valence-electron chi connectivity index (χ2n) is 4.47. The topological polar surface area (TPSA) is 78.9 Å². The highest BCUT2D eigenvalue weighted by Gasteiger charge is 2.28. The van der Waals surface area contributed by atoms with Crippen molar-refractivity contribution in [3.8, 4) is 0 Å². The number of aromatic nitrogens is 2. The van der Waals surface area contributed by atoms with Crippen LogP contribution in [0.25, 0.3) is 0 Å². The number of anilines is 2.